The summed E-state index contributed by atoms with van der Waals surface area (Å²) in [5.41, 5.74) is 1.03. The van der Waals surface area contributed by atoms with Gasteiger partial charge in [0, 0.05) is 17.7 Å². The number of nitrogens with one attached hydrogen (secondary N) is 2. The number of ketones is 1. The van der Waals surface area contributed by atoms with Crippen LogP contribution in [0.4, 0.5) is 11.5 Å². The SMILES string of the molecule is CC(=O)c1ccccc1NC(=O)CN1CCC(C(=O)Nc2ccccn2)CC1. The normalized spacial score (nSPS) is 15.0. The van der Waals surface area contributed by atoms with Gasteiger partial charge in [-0.05, 0) is 57.1 Å². The number of hydrogen-bond donors (Lipinski definition) is 2. The Kier molecular flexibility index (Phi) is 6.49. The Labute approximate surface area is 164 Å². The number of nitrogens with zero attached hydrogens (tertiary/aromatic N) is 2. The summed E-state index contributed by atoms with van der Waals surface area (Å²) in [6.07, 6.45) is 3.02. The van der Waals surface area contributed by atoms with Crippen LogP contribution >= 0.6 is 0 Å². The van der Waals surface area contributed by atoms with E-state index in [1.807, 2.05) is 11.0 Å². The second kappa shape index (κ2) is 9.23. The van der Waals surface area contributed by atoms with E-state index in [0.29, 0.717) is 43.0 Å². The summed E-state index contributed by atoms with van der Waals surface area (Å²) >= 11 is 0. The maximum Gasteiger partial charge on any atom is 0.238 e. The largest absolute Gasteiger partial charge is 0.324 e. The van der Waals surface area contributed by atoms with Gasteiger partial charge in [-0.3, -0.25) is 19.3 Å². The number of amides is 2. The third-order valence-electron chi connectivity index (χ3n) is 4.82. The Morgan fingerprint density at radius 3 is 2.43 bits per heavy atom. The molecular weight excluding hydrogens is 356 g/mol. The first-order valence-corrected chi connectivity index (χ1v) is 9.37. The van der Waals surface area contributed by atoms with Gasteiger partial charge in [0.25, 0.3) is 0 Å². The van der Waals surface area contributed by atoms with E-state index in [9.17, 15) is 14.4 Å². The zero-order valence-corrected chi connectivity index (χ0v) is 15.9. The molecule has 1 aromatic heterocycles. The number of hydrogen-bond acceptors (Lipinski definition) is 5. The molecule has 7 nitrogen and oxygen atoms in total. The number of anilines is 2. The van der Waals surface area contributed by atoms with Gasteiger partial charge < -0.3 is 10.6 Å². The van der Waals surface area contributed by atoms with Crippen LogP contribution in [0.25, 0.3) is 0 Å². The average Bonchev–Trinajstić information content (AvgIpc) is 2.69. The van der Waals surface area contributed by atoms with Crippen LogP contribution in [0.3, 0.4) is 0 Å². The van der Waals surface area contributed by atoms with Crippen molar-refractivity contribution in [1.29, 1.82) is 0 Å². The summed E-state index contributed by atoms with van der Waals surface area (Å²) in [6.45, 7) is 3.05. The Hall–Kier alpha value is -3.06. The van der Waals surface area contributed by atoms with Gasteiger partial charge in [-0.25, -0.2) is 4.98 Å². The molecule has 146 valence electrons. The van der Waals surface area contributed by atoms with Gasteiger partial charge >= 0.3 is 0 Å². The first kappa shape index (κ1) is 19.7. The minimum absolute atomic E-state index is 0.0295. The average molecular weight is 380 g/mol. The molecule has 3 rings (SSSR count). The van der Waals surface area contributed by atoms with E-state index in [0.717, 1.165) is 0 Å². The van der Waals surface area contributed by atoms with E-state index in [-0.39, 0.29) is 30.1 Å². The molecule has 2 N–H and O–H groups in total. The molecule has 28 heavy (non-hydrogen) atoms. The van der Waals surface area contributed by atoms with Gasteiger partial charge in [0.1, 0.15) is 5.82 Å². The highest BCUT2D eigenvalue weighted by Gasteiger charge is 2.26. The van der Waals surface area contributed by atoms with Crippen LogP contribution in [0.5, 0.6) is 0 Å². The number of Topliss-reactive ketones (excluding diaryl/α,β-unsaturated/α-hetero) is 1. The van der Waals surface area contributed by atoms with Crippen LogP contribution in [0, 0.1) is 5.92 Å². The van der Waals surface area contributed by atoms with Crippen molar-refractivity contribution < 1.29 is 14.4 Å². The zero-order chi connectivity index (χ0) is 19.9. The van der Waals surface area contributed by atoms with E-state index in [1.54, 1.807) is 42.6 Å². The molecular formula is C21H24N4O3. The molecule has 2 amide bonds. The van der Waals surface area contributed by atoms with Gasteiger partial charge in [-0.1, -0.05) is 18.2 Å². The third-order valence-corrected chi connectivity index (χ3v) is 4.82. The fraction of sp³-hybridized carbons (Fsp3) is 0.333. The van der Waals surface area contributed by atoms with E-state index < -0.39 is 0 Å². The van der Waals surface area contributed by atoms with Gasteiger partial charge in [-0.15, -0.1) is 0 Å². The van der Waals surface area contributed by atoms with Crippen LogP contribution in [0.2, 0.25) is 0 Å². The molecule has 0 unspecified atom stereocenters. The van der Waals surface area contributed by atoms with Crippen molar-refractivity contribution in [3.63, 3.8) is 0 Å². The number of carbonyl (C=O) groups excluding carboxylic acids is 3. The molecule has 7 heteroatoms. The topological polar surface area (TPSA) is 91.4 Å². The van der Waals surface area contributed by atoms with Crippen molar-refractivity contribution in [3.05, 3.63) is 54.2 Å². The van der Waals surface area contributed by atoms with Crippen LogP contribution < -0.4 is 10.6 Å². The van der Waals surface area contributed by atoms with Crippen molar-refractivity contribution in [3.8, 4) is 0 Å². The Morgan fingerprint density at radius 2 is 1.75 bits per heavy atom. The maximum atomic E-state index is 12.4. The van der Waals surface area contributed by atoms with Gasteiger partial charge in [0.05, 0.1) is 12.2 Å². The van der Waals surface area contributed by atoms with Crippen molar-refractivity contribution >= 4 is 29.1 Å². The number of carbonyl (C=O) groups is 3. The number of para-hydroxylation sites is 1. The number of rotatable bonds is 6. The van der Waals surface area contributed by atoms with E-state index in [4.69, 9.17) is 0 Å². The lowest BCUT2D eigenvalue weighted by molar-refractivity contribution is -0.121. The molecule has 0 atom stereocenters. The zero-order valence-electron chi connectivity index (χ0n) is 15.9. The molecule has 2 aromatic rings. The lowest BCUT2D eigenvalue weighted by Gasteiger charge is -2.30. The molecule has 0 radical (unpaired) electrons. The molecule has 0 spiro atoms. The standard InChI is InChI=1S/C21H24N4O3/c1-15(26)17-6-2-3-7-18(17)23-20(27)14-25-12-9-16(10-13-25)21(28)24-19-8-4-5-11-22-19/h2-8,11,16H,9-10,12-14H2,1H3,(H,23,27)(H,22,24,28). The Balaban J connectivity index is 1.47. The van der Waals surface area contributed by atoms with Crippen LogP contribution in [0.1, 0.15) is 30.1 Å². The van der Waals surface area contributed by atoms with Crippen molar-refractivity contribution in [1.82, 2.24) is 9.88 Å². The van der Waals surface area contributed by atoms with Crippen molar-refractivity contribution in [2.75, 3.05) is 30.3 Å². The summed E-state index contributed by atoms with van der Waals surface area (Å²) in [5.74, 6) is 0.192. The molecule has 1 aliphatic heterocycles. The van der Waals surface area contributed by atoms with Crippen LogP contribution in [0.15, 0.2) is 48.7 Å². The molecule has 0 aliphatic carbocycles. The number of piperidine rings is 1. The summed E-state index contributed by atoms with van der Waals surface area (Å²) in [5, 5.41) is 5.65. The van der Waals surface area contributed by atoms with Crippen LogP contribution in [-0.4, -0.2) is 47.1 Å². The first-order chi connectivity index (χ1) is 13.5. The van der Waals surface area contributed by atoms with E-state index in [2.05, 4.69) is 15.6 Å². The lowest BCUT2D eigenvalue weighted by Crippen LogP contribution is -2.41. The molecule has 1 fully saturated rings. The number of aromatic nitrogens is 1. The van der Waals surface area contributed by atoms with Gasteiger partial charge in [-0.2, -0.15) is 0 Å². The van der Waals surface area contributed by atoms with Crippen LogP contribution in [-0.2, 0) is 9.59 Å². The van der Waals surface area contributed by atoms with Crippen molar-refractivity contribution in [2.45, 2.75) is 19.8 Å². The van der Waals surface area contributed by atoms with E-state index >= 15 is 0 Å². The van der Waals surface area contributed by atoms with Gasteiger partial charge in [0.2, 0.25) is 11.8 Å². The third kappa shape index (κ3) is 5.23. The highest BCUT2D eigenvalue weighted by atomic mass is 16.2. The fourth-order valence-electron chi connectivity index (χ4n) is 3.31. The minimum atomic E-state index is -0.162. The summed E-state index contributed by atoms with van der Waals surface area (Å²) in [4.78, 5) is 42.5. The molecule has 2 heterocycles. The van der Waals surface area contributed by atoms with Crippen molar-refractivity contribution in [2.24, 2.45) is 5.92 Å². The molecule has 1 aliphatic rings. The molecule has 1 saturated heterocycles. The second-order valence-electron chi connectivity index (χ2n) is 6.90. The predicted molar refractivity (Wildman–Crippen MR) is 107 cm³/mol. The molecule has 1 aromatic carbocycles. The quantitative estimate of drug-likeness (QED) is 0.752. The first-order valence-electron chi connectivity index (χ1n) is 9.37. The minimum Gasteiger partial charge on any atom is -0.324 e. The summed E-state index contributed by atoms with van der Waals surface area (Å²) in [7, 11) is 0. The fourth-order valence-corrected chi connectivity index (χ4v) is 3.31. The highest BCUT2D eigenvalue weighted by Crippen LogP contribution is 2.20. The monoisotopic (exact) mass is 380 g/mol. The molecule has 0 saturated carbocycles. The highest BCUT2D eigenvalue weighted by molar-refractivity contribution is 6.04. The Morgan fingerprint density at radius 1 is 1.04 bits per heavy atom. The lowest BCUT2D eigenvalue weighted by atomic mass is 9.96. The Bertz CT molecular complexity index is 846. The number of pyridine rings is 1. The second-order valence-corrected chi connectivity index (χ2v) is 6.90. The number of benzene rings is 1. The number of likely N-dealkylation sites (tertiary alicyclic amines) is 1. The van der Waals surface area contributed by atoms with Gasteiger partial charge in [0.15, 0.2) is 5.78 Å². The summed E-state index contributed by atoms with van der Waals surface area (Å²) in [6, 6.07) is 12.4. The molecule has 0 bridgehead atoms. The smallest absolute Gasteiger partial charge is 0.238 e. The van der Waals surface area contributed by atoms with E-state index in [1.165, 1.54) is 6.92 Å². The predicted octanol–water partition coefficient (Wildman–Crippen LogP) is 2.57. The summed E-state index contributed by atoms with van der Waals surface area (Å²) < 4.78 is 0. The maximum absolute atomic E-state index is 12.4.